The molecular weight excluding hydrogens is 276 g/mol. The molecule has 2 aromatic rings. The fourth-order valence-corrected chi connectivity index (χ4v) is 3.97. The first-order valence-corrected chi connectivity index (χ1v) is 7.81. The Morgan fingerprint density at radius 2 is 1.77 bits per heavy atom. The average Bonchev–Trinajstić information content (AvgIpc) is 3.03. The van der Waals surface area contributed by atoms with Crippen LogP contribution in [0.1, 0.15) is 41.5 Å². The molecule has 0 N–H and O–H groups in total. The van der Waals surface area contributed by atoms with E-state index in [2.05, 4.69) is 29.2 Å². The Hall–Kier alpha value is -2.20. The molecule has 0 radical (unpaired) electrons. The Labute approximate surface area is 129 Å². The highest BCUT2D eigenvalue weighted by Crippen LogP contribution is 2.44. The van der Waals surface area contributed by atoms with Crippen molar-refractivity contribution in [2.45, 2.75) is 24.8 Å². The van der Waals surface area contributed by atoms with E-state index in [0.717, 1.165) is 13.1 Å². The van der Waals surface area contributed by atoms with Crippen LogP contribution in [0.15, 0.2) is 48.5 Å². The van der Waals surface area contributed by atoms with E-state index in [1.807, 2.05) is 12.1 Å². The molecule has 0 saturated carbocycles. The summed E-state index contributed by atoms with van der Waals surface area (Å²) in [6.45, 7) is 2.17. The van der Waals surface area contributed by atoms with Crippen molar-refractivity contribution in [3.8, 4) is 0 Å². The predicted molar refractivity (Wildman–Crippen MR) is 84.9 cm³/mol. The third-order valence-corrected chi connectivity index (χ3v) is 5.02. The first kappa shape index (κ1) is 13.5. The molecule has 4 rings (SSSR count). The van der Waals surface area contributed by atoms with Crippen LogP contribution in [0.4, 0.5) is 5.69 Å². The second kappa shape index (κ2) is 5.21. The topological polar surface area (TPSA) is 46.4 Å². The molecule has 0 aromatic heterocycles. The van der Waals surface area contributed by atoms with E-state index in [9.17, 15) is 10.1 Å². The SMILES string of the molecule is O=[N+]([O-])c1ccc([C@@H]2CN3CCC[C@@H]3c3ccccc32)cc1. The highest BCUT2D eigenvalue weighted by molar-refractivity contribution is 5.44. The molecule has 2 atom stereocenters. The van der Waals surface area contributed by atoms with Gasteiger partial charge in [-0.05, 0) is 36.1 Å². The van der Waals surface area contributed by atoms with Gasteiger partial charge in [0.2, 0.25) is 0 Å². The smallest absolute Gasteiger partial charge is 0.269 e. The van der Waals surface area contributed by atoms with Crippen molar-refractivity contribution in [3.05, 3.63) is 75.3 Å². The van der Waals surface area contributed by atoms with E-state index in [1.54, 1.807) is 12.1 Å². The van der Waals surface area contributed by atoms with Gasteiger partial charge in [0.1, 0.15) is 0 Å². The lowest BCUT2D eigenvalue weighted by Gasteiger charge is -2.37. The van der Waals surface area contributed by atoms with Crippen LogP contribution in [0.25, 0.3) is 0 Å². The Morgan fingerprint density at radius 3 is 2.50 bits per heavy atom. The third-order valence-electron chi connectivity index (χ3n) is 5.02. The largest absolute Gasteiger partial charge is 0.295 e. The van der Waals surface area contributed by atoms with Crippen LogP contribution in [0.2, 0.25) is 0 Å². The van der Waals surface area contributed by atoms with Crippen LogP contribution in [-0.2, 0) is 0 Å². The van der Waals surface area contributed by atoms with E-state index in [-0.39, 0.29) is 10.6 Å². The Balaban J connectivity index is 1.75. The van der Waals surface area contributed by atoms with Crippen molar-refractivity contribution in [1.29, 1.82) is 0 Å². The van der Waals surface area contributed by atoms with Gasteiger partial charge >= 0.3 is 0 Å². The van der Waals surface area contributed by atoms with Crippen LogP contribution < -0.4 is 0 Å². The van der Waals surface area contributed by atoms with Crippen molar-refractivity contribution in [2.24, 2.45) is 0 Å². The molecule has 4 heteroatoms. The summed E-state index contributed by atoms with van der Waals surface area (Å²) < 4.78 is 0. The van der Waals surface area contributed by atoms with Crippen molar-refractivity contribution >= 4 is 5.69 Å². The first-order valence-electron chi connectivity index (χ1n) is 7.81. The molecule has 0 amide bonds. The second-order valence-electron chi connectivity index (χ2n) is 6.18. The van der Waals surface area contributed by atoms with Gasteiger partial charge in [0.25, 0.3) is 5.69 Å². The molecule has 0 spiro atoms. The monoisotopic (exact) mass is 294 g/mol. The van der Waals surface area contributed by atoms with Gasteiger partial charge in [-0.3, -0.25) is 15.0 Å². The van der Waals surface area contributed by atoms with E-state index in [0.29, 0.717) is 12.0 Å². The minimum absolute atomic E-state index is 0.159. The Kier molecular flexibility index (Phi) is 3.19. The molecule has 2 aliphatic heterocycles. The molecule has 1 saturated heterocycles. The van der Waals surface area contributed by atoms with Gasteiger partial charge in [-0.25, -0.2) is 0 Å². The van der Waals surface area contributed by atoms with Crippen LogP contribution in [0.5, 0.6) is 0 Å². The maximum atomic E-state index is 10.8. The number of nitro groups is 1. The maximum Gasteiger partial charge on any atom is 0.269 e. The van der Waals surface area contributed by atoms with Crippen LogP contribution >= 0.6 is 0 Å². The molecule has 2 aliphatic rings. The summed E-state index contributed by atoms with van der Waals surface area (Å²) in [7, 11) is 0. The molecule has 0 aliphatic carbocycles. The lowest BCUT2D eigenvalue weighted by atomic mass is 9.81. The van der Waals surface area contributed by atoms with Gasteiger partial charge in [-0.15, -0.1) is 0 Å². The molecule has 4 nitrogen and oxygen atoms in total. The second-order valence-corrected chi connectivity index (χ2v) is 6.18. The van der Waals surface area contributed by atoms with Gasteiger partial charge in [0.15, 0.2) is 0 Å². The number of hydrogen-bond acceptors (Lipinski definition) is 3. The fourth-order valence-electron chi connectivity index (χ4n) is 3.97. The molecule has 0 bridgehead atoms. The molecular formula is C18H18N2O2. The van der Waals surface area contributed by atoms with E-state index >= 15 is 0 Å². The first-order chi connectivity index (χ1) is 10.7. The van der Waals surface area contributed by atoms with Gasteiger partial charge in [-0.1, -0.05) is 36.4 Å². The molecule has 2 heterocycles. The van der Waals surface area contributed by atoms with Crippen LogP contribution in [0.3, 0.4) is 0 Å². The lowest BCUT2D eigenvalue weighted by Crippen LogP contribution is -2.34. The summed E-state index contributed by atoms with van der Waals surface area (Å²) in [5.41, 5.74) is 4.16. The van der Waals surface area contributed by atoms with E-state index in [4.69, 9.17) is 0 Å². The quantitative estimate of drug-likeness (QED) is 0.624. The fraction of sp³-hybridized carbons (Fsp3) is 0.333. The van der Waals surface area contributed by atoms with Gasteiger partial charge in [0, 0.05) is 30.6 Å². The molecule has 1 fully saturated rings. The predicted octanol–water partition coefficient (Wildman–Crippen LogP) is 3.88. The summed E-state index contributed by atoms with van der Waals surface area (Å²) in [6.07, 6.45) is 2.50. The molecule has 2 aromatic carbocycles. The van der Waals surface area contributed by atoms with Crippen molar-refractivity contribution in [2.75, 3.05) is 13.1 Å². The minimum atomic E-state index is -0.338. The van der Waals surface area contributed by atoms with Crippen LogP contribution in [-0.4, -0.2) is 22.9 Å². The summed E-state index contributed by atoms with van der Waals surface area (Å²) in [4.78, 5) is 13.1. The van der Waals surface area contributed by atoms with Crippen molar-refractivity contribution in [3.63, 3.8) is 0 Å². The summed E-state index contributed by atoms with van der Waals surface area (Å²) in [6, 6.07) is 16.3. The zero-order valence-electron chi connectivity index (χ0n) is 12.3. The summed E-state index contributed by atoms with van der Waals surface area (Å²) >= 11 is 0. The molecule has 0 unspecified atom stereocenters. The highest BCUT2D eigenvalue weighted by Gasteiger charge is 2.36. The zero-order valence-corrected chi connectivity index (χ0v) is 12.3. The van der Waals surface area contributed by atoms with E-state index < -0.39 is 0 Å². The number of hydrogen-bond donors (Lipinski definition) is 0. The number of nitro benzene ring substituents is 1. The average molecular weight is 294 g/mol. The van der Waals surface area contributed by atoms with Gasteiger partial charge < -0.3 is 0 Å². The normalized spacial score (nSPS) is 23.8. The lowest BCUT2D eigenvalue weighted by molar-refractivity contribution is -0.384. The zero-order chi connectivity index (χ0) is 15.1. The van der Waals surface area contributed by atoms with Crippen molar-refractivity contribution in [1.82, 2.24) is 4.90 Å². The Morgan fingerprint density at radius 1 is 1.05 bits per heavy atom. The van der Waals surface area contributed by atoms with Gasteiger partial charge in [0.05, 0.1) is 4.92 Å². The maximum absolute atomic E-state index is 10.8. The Bertz CT molecular complexity index is 711. The summed E-state index contributed by atoms with van der Waals surface area (Å²) in [5.74, 6) is 0.311. The summed E-state index contributed by atoms with van der Waals surface area (Å²) in [5, 5.41) is 10.8. The third kappa shape index (κ3) is 2.11. The number of rotatable bonds is 2. The molecule has 22 heavy (non-hydrogen) atoms. The van der Waals surface area contributed by atoms with Gasteiger partial charge in [-0.2, -0.15) is 0 Å². The van der Waals surface area contributed by atoms with E-state index in [1.165, 1.54) is 29.5 Å². The highest BCUT2D eigenvalue weighted by atomic mass is 16.6. The number of fused-ring (bicyclic) bond motifs is 3. The molecule has 112 valence electrons. The number of benzene rings is 2. The van der Waals surface area contributed by atoms with Crippen molar-refractivity contribution < 1.29 is 4.92 Å². The van der Waals surface area contributed by atoms with Crippen LogP contribution in [0, 0.1) is 10.1 Å². The standard InChI is InChI=1S/C18H18N2O2/c21-20(22)14-9-7-13(8-10-14)17-12-19-11-3-6-18(19)16-5-2-1-4-15(16)17/h1-2,4-5,7-10,17-18H,3,6,11-12H2/t17-,18+/m0/s1. The number of non-ortho nitro benzene ring substituents is 1. The minimum Gasteiger partial charge on any atom is -0.295 e. The number of nitrogens with zero attached hydrogens (tertiary/aromatic N) is 2.